The Kier molecular flexibility index (Phi) is 4.53. The quantitative estimate of drug-likeness (QED) is 0.916. The first-order chi connectivity index (χ1) is 8.70. The summed E-state index contributed by atoms with van der Waals surface area (Å²) in [5.41, 5.74) is 0.294. The minimum absolute atomic E-state index is 0.171. The van der Waals surface area contributed by atoms with Gasteiger partial charge in [-0.05, 0) is 18.8 Å². The van der Waals surface area contributed by atoms with Gasteiger partial charge in [0.1, 0.15) is 10.8 Å². The van der Waals surface area contributed by atoms with Crippen LogP contribution >= 0.6 is 11.6 Å². The van der Waals surface area contributed by atoms with Gasteiger partial charge in [0.2, 0.25) is 0 Å². The molecule has 1 heterocycles. The molecule has 2 unspecified atom stereocenters. The monoisotopic (exact) mass is 267 g/mol. The maximum absolute atomic E-state index is 12.1. The predicted molar refractivity (Wildman–Crippen MR) is 70.5 cm³/mol. The van der Waals surface area contributed by atoms with Crippen molar-refractivity contribution in [1.29, 1.82) is 0 Å². The van der Waals surface area contributed by atoms with E-state index in [0.717, 1.165) is 12.8 Å². The molecular formula is C13H18ClN3O. The molecule has 1 aliphatic rings. The smallest absolute Gasteiger partial charge is 0.271 e. The van der Waals surface area contributed by atoms with Gasteiger partial charge in [-0.2, -0.15) is 0 Å². The summed E-state index contributed by atoms with van der Waals surface area (Å²) < 4.78 is 0. The highest BCUT2D eigenvalue weighted by Crippen LogP contribution is 2.26. The van der Waals surface area contributed by atoms with Crippen molar-refractivity contribution in [1.82, 2.24) is 15.3 Å². The lowest BCUT2D eigenvalue weighted by atomic mass is 9.83. The van der Waals surface area contributed by atoms with Gasteiger partial charge >= 0.3 is 0 Å². The molecule has 1 amide bonds. The fraction of sp³-hybridized carbons (Fsp3) is 0.615. The number of amides is 1. The van der Waals surface area contributed by atoms with Gasteiger partial charge in [-0.15, -0.1) is 0 Å². The lowest BCUT2D eigenvalue weighted by Gasteiger charge is -2.31. The molecule has 2 rings (SSSR count). The highest BCUT2D eigenvalue weighted by molar-refractivity contribution is 6.29. The molecule has 0 saturated heterocycles. The van der Waals surface area contributed by atoms with Crippen LogP contribution in [0.25, 0.3) is 0 Å². The van der Waals surface area contributed by atoms with Crippen LogP contribution in [0.5, 0.6) is 0 Å². The molecule has 1 aliphatic carbocycles. The molecule has 0 bridgehead atoms. The van der Waals surface area contributed by atoms with Crippen LogP contribution in [0, 0.1) is 5.92 Å². The van der Waals surface area contributed by atoms with Crippen LogP contribution in [0.2, 0.25) is 5.15 Å². The summed E-state index contributed by atoms with van der Waals surface area (Å²) in [5, 5.41) is 3.31. The van der Waals surface area contributed by atoms with E-state index < -0.39 is 0 Å². The van der Waals surface area contributed by atoms with Crippen molar-refractivity contribution in [3.8, 4) is 0 Å². The molecule has 1 aromatic rings. The molecule has 0 aromatic carbocycles. The van der Waals surface area contributed by atoms with E-state index in [2.05, 4.69) is 22.2 Å². The summed E-state index contributed by atoms with van der Waals surface area (Å²) in [4.78, 5) is 19.9. The van der Waals surface area contributed by atoms with E-state index in [-0.39, 0.29) is 17.1 Å². The molecule has 2 atom stereocenters. The summed E-state index contributed by atoms with van der Waals surface area (Å²) >= 11 is 5.73. The molecule has 5 heteroatoms. The van der Waals surface area contributed by atoms with Crippen LogP contribution in [0.1, 0.15) is 49.5 Å². The Morgan fingerprint density at radius 1 is 1.44 bits per heavy atom. The zero-order chi connectivity index (χ0) is 13.0. The second kappa shape index (κ2) is 6.14. The summed E-state index contributed by atoms with van der Waals surface area (Å²) in [6.07, 6.45) is 8.68. The minimum atomic E-state index is -0.171. The van der Waals surface area contributed by atoms with Gasteiger partial charge in [0, 0.05) is 6.04 Å². The van der Waals surface area contributed by atoms with Crippen molar-refractivity contribution < 1.29 is 4.79 Å². The lowest BCUT2D eigenvalue weighted by Crippen LogP contribution is -2.42. The molecular weight excluding hydrogens is 250 g/mol. The zero-order valence-electron chi connectivity index (χ0n) is 10.5. The molecule has 4 nitrogen and oxygen atoms in total. The van der Waals surface area contributed by atoms with Crippen LogP contribution in [0.15, 0.2) is 12.4 Å². The number of rotatable bonds is 3. The molecule has 1 fully saturated rings. The average Bonchev–Trinajstić information content (AvgIpc) is 2.39. The summed E-state index contributed by atoms with van der Waals surface area (Å²) in [6.45, 7) is 2.17. The maximum atomic E-state index is 12.1. The van der Waals surface area contributed by atoms with Crippen molar-refractivity contribution in [3.63, 3.8) is 0 Å². The first-order valence-electron chi connectivity index (χ1n) is 6.49. The molecule has 98 valence electrons. The molecule has 0 radical (unpaired) electrons. The number of hydrogen-bond donors (Lipinski definition) is 1. The number of nitrogens with one attached hydrogen (secondary N) is 1. The second-order valence-electron chi connectivity index (χ2n) is 4.76. The summed E-state index contributed by atoms with van der Waals surface area (Å²) in [6, 6.07) is 0.261. The Bertz CT molecular complexity index is 424. The Balaban J connectivity index is 2.02. The molecule has 1 saturated carbocycles. The largest absolute Gasteiger partial charge is 0.348 e. The summed E-state index contributed by atoms with van der Waals surface area (Å²) in [7, 11) is 0. The topological polar surface area (TPSA) is 54.9 Å². The first kappa shape index (κ1) is 13.3. The van der Waals surface area contributed by atoms with Crippen molar-refractivity contribution in [2.24, 2.45) is 5.92 Å². The van der Waals surface area contributed by atoms with Crippen LogP contribution < -0.4 is 5.32 Å². The van der Waals surface area contributed by atoms with Crippen molar-refractivity contribution in [2.75, 3.05) is 0 Å². The lowest BCUT2D eigenvalue weighted by molar-refractivity contribution is 0.0899. The van der Waals surface area contributed by atoms with Crippen LogP contribution in [0.3, 0.4) is 0 Å². The van der Waals surface area contributed by atoms with E-state index in [0.29, 0.717) is 11.6 Å². The van der Waals surface area contributed by atoms with Crippen LogP contribution in [0.4, 0.5) is 0 Å². The number of aromatic nitrogens is 2. The van der Waals surface area contributed by atoms with Crippen LogP contribution in [-0.4, -0.2) is 21.9 Å². The van der Waals surface area contributed by atoms with E-state index in [9.17, 15) is 4.79 Å². The number of carbonyl (C=O) groups is 1. The van der Waals surface area contributed by atoms with Gasteiger partial charge in [-0.1, -0.05) is 37.8 Å². The third-order valence-corrected chi connectivity index (χ3v) is 3.77. The van der Waals surface area contributed by atoms with Crippen LogP contribution in [-0.2, 0) is 0 Å². The van der Waals surface area contributed by atoms with Gasteiger partial charge in [0.25, 0.3) is 5.91 Å². The summed E-state index contributed by atoms with van der Waals surface area (Å²) in [5.74, 6) is 0.408. The standard InChI is InChI=1S/C13H18ClN3O/c1-2-9-5-3-4-6-10(9)17-13(18)11-7-15-8-12(14)16-11/h7-10H,2-6H2,1H3,(H,17,18). The SMILES string of the molecule is CCC1CCCCC1NC(=O)c1cncc(Cl)n1. The van der Waals surface area contributed by atoms with Gasteiger partial charge in [-0.25, -0.2) is 4.98 Å². The minimum Gasteiger partial charge on any atom is -0.348 e. The Morgan fingerprint density at radius 2 is 2.22 bits per heavy atom. The van der Waals surface area contributed by atoms with Gasteiger partial charge in [0.15, 0.2) is 0 Å². The normalized spacial score (nSPS) is 23.7. The van der Waals surface area contributed by atoms with Crippen molar-refractivity contribution >= 4 is 17.5 Å². The van der Waals surface area contributed by atoms with Gasteiger partial charge in [-0.3, -0.25) is 9.78 Å². The molecule has 0 spiro atoms. The second-order valence-corrected chi connectivity index (χ2v) is 5.15. The van der Waals surface area contributed by atoms with Gasteiger partial charge in [0.05, 0.1) is 12.4 Å². The highest BCUT2D eigenvalue weighted by Gasteiger charge is 2.25. The maximum Gasteiger partial charge on any atom is 0.271 e. The Morgan fingerprint density at radius 3 is 2.94 bits per heavy atom. The number of halogens is 1. The molecule has 1 N–H and O–H groups in total. The fourth-order valence-corrected chi connectivity index (χ4v) is 2.73. The predicted octanol–water partition coefficient (Wildman–Crippen LogP) is 2.83. The average molecular weight is 268 g/mol. The number of nitrogens with zero attached hydrogens (tertiary/aromatic N) is 2. The number of carbonyl (C=O) groups excluding carboxylic acids is 1. The van der Waals surface area contributed by atoms with E-state index in [4.69, 9.17) is 11.6 Å². The Labute approximate surface area is 112 Å². The van der Waals surface area contributed by atoms with Crippen molar-refractivity contribution in [3.05, 3.63) is 23.2 Å². The Hall–Kier alpha value is -1.16. The van der Waals surface area contributed by atoms with E-state index >= 15 is 0 Å². The van der Waals surface area contributed by atoms with E-state index in [1.807, 2.05) is 0 Å². The molecule has 0 aliphatic heterocycles. The first-order valence-corrected chi connectivity index (χ1v) is 6.87. The fourth-order valence-electron chi connectivity index (χ4n) is 2.58. The third-order valence-electron chi connectivity index (χ3n) is 3.59. The highest BCUT2D eigenvalue weighted by atomic mass is 35.5. The molecule has 1 aromatic heterocycles. The third kappa shape index (κ3) is 3.19. The zero-order valence-corrected chi connectivity index (χ0v) is 11.3. The van der Waals surface area contributed by atoms with E-state index in [1.165, 1.54) is 31.7 Å². The van der Waals surface area contributed by atoms with Gasteiger partial charge < -0.3 is 5.32 Å². The van der Waals surface area contributed by atoms with E-state index in [1.54, 1.807) is 0 Å². The molecule has 18 heavy (non-hydrogen) atoms. The number of hydrogen-bond acceptors (Lipinski definition) is 3. The van der Waals surface area contributed by atoms with Crippen molar-refractivity contribution in [2.45, 2.75) is 45.1 Å².